The number of amides is 1. The molecule has 0 unspecified atom stereocenters. The van der Waals surface area contributed by atoms with E-state index < -0.39 is 0 Å². The Morgan fingerprint density at radius 1 is 1.12 bits per heavy atom. The zero-order valence-electron chi connectivity index (χ0n) is 19.3. The topological polar surface area (TPSA) is 71.1 Å². The Hall–Kier alpha value is -3.51. The Morgan fingerprint density at radius 2 is 1.97 bits per heavy atom. The van der Waals surface area contributed by atoms with Crippen molar-refractivity contribution in [3.63, 3.8) is 0 Å². The minimum atomic E-state index is -0.259. The van der Waals surface area contributed by atoms with Crippen LogP contribution in [0.25, 0.3) is 10.9 Å². The first-order valence-corrected chi connectivity index (χ1v) is 11.4. The van der Waals surface area contributed by atoms with Gasteiger partial charge in [0.1, 0.15) is 6.10 Å². The standard InChI is InChI=1S/C27H28N4O2/c1-17-8-9-23-22(12-17)26(30-29-23)27(32)31-10-11-33-25(16-31)24-15-20(13-19(3)28-24)14-21-7-5-4-6-18(21)2/h4-9,12-13,15,25H,10-11,14,16H2,1-3H3,(H,29,30)/t25-/m0/s1. The van der Waals surface area contributed by atoms with Crippen LogP contribution in [0.15, 0.2) is 54.6 Å². The zero-order valence-corrected chi connectivity index (χ0v) is 19.3. The smallest absolute Gasteiger partial charge is 0.275 e. The molecular formula is C27H28N4O2. The summed E-state index contributed by atoms with van der Waals surface area (Å²) in [4.78, 5) is 19.9. The third kappa shape index (κ3) is 4.39. The van der Waals surface area contributed by atoms with Gasteiger partial charge in [-0.2, -0.15) is 5.10 Å². The number of nitrogens with one attached hydrogen (secondary N) is 1. The molecule has 4 aromatic rings. The third-order valence-electron chi connectivity index (χ3n) is 6.29. The van der Waals surface area contributed by atoms with E-state index in [1.165, 1.54) is 16.7 Å². The van der Waals surface area contributed by atoms with Crippen molar-refractivity contribution in [2.75, 3.05) is 19.7 Å². The van der Waals surface area contributed by atoms with Crippen LogP contribution in [-0.2, 0) is 11.2 Å². The summed E-state index contributed by atoms with van der Waals surface area (Å²) < 4.78 is 6.07. The van der Waals surface area contributed by atoms with Crippen molar-refractivity contribution in [2.24, 2.45) is 0 Å². The van der Waals surface area contributed by atoms with Gasteiger partial charge in [-0.3, -0.25) is 14.9 Å². The fourth-order valence-electron chi connectivity index (χ4n) is 4.52. The second kappa shape index (κ2) is 8.79. The number of carbonyl (C=O) groups is 1. The van der Waals surface area contributed by atoms with Crippen LogP contribution in [0.4, 0.5) is 0 Å². The lowest BCUT2D eigenvalue weighted by Crippen LogP contribution is -2.42. The summed E-state index contributed by atoms with van der Waals surface area (Å²) in [6, 6.07) is 18.7. The van der Waals surface area contributed by atoms with Crippen molar-refractivity contribution >= 4 is 16.8 Å². The summed E-state index contributed by atoms with van der Waals surface area (Å²) in [6.07, 6.45) is 0.585. The number of hydrogen-bond acceptors (Lipinski definition) is 4. The molecule has 1 N–H and O–H groups in total. The van der Waals surface area contributed by atoms with Crippen LogP contribution in [0.1, 0.15) is 50.2 Å². The number of pyridine rings is 1. The van der Waals surface area contributed by atoms with Crippen molar-refractivity contribution in [1.29, 1.82) is 0 Å². The average molecular weight is 441 g/mol. The number of hydrogen-bond donors (Lipinski definition) is 1. The quantitative estimate of drug-likeness (QED) is 0.500. The van der Waals surface area contributed by atoms with E-state index in [9.17, 15) is 4.79 Å². The summed E-state index contributed by atoms with van der Waals surface area (Å²) in [5.74, 6) is -0.0760. The second-order valence-electron chi connectivity index (χ2n) is 8.88. The van der Waals surface area contributed by atoms with Crippen LogP contribution in [-0.4, -0.2) is 45.7 Å². The van der Waals surface area contributed by atoms with E-state index in [2.05, 4.69) is 53.5 Å². The van der Waals surface area contributed by atoms with Crippen molar-refractivity contribution in [1.82, 2.24) is 20.1 Å². The van der Waals surface area contributed by atoms with Gasteiger partial charge in [0.25, 0.3) is 5.91 Å². The van der Waals surface area contributed by atoms with Crippen molar-refractivity contribution in [3.05, 3.63) is 93.9 Å². The van der Waals surface area contributed by atoms with Gasteiger partial charge in [-0.15, -0.1) is 0 Å². The molecule has 1 saturated heterocycles. The van der Waals surface area contributed by atoms with E-state index in [1.807, 2.05) is 36.9 Å². The van der Waals surface area contributed by atoms with Crippen molar-refractivity contribution in [3.8, 4) is 0 Å². The predicted octanol–water partition coefficient (Wildman–Crippen LogP) is 4.69. The first-order chi connectivity index (χ1) is 16.0. The number of carbonyl (C=O) groups excluding carboxylic acids is 1. The first-order valence-electron chi connectivity index (χ1n) is 11.4. The van der Waals surface area contributed by atoms with E-state index in [0.29, 0.717) is 25.4 Å². The second-order valence-corrected chi connectivity index (χ2v) is 8.88. The Labute approximate surface area is 193 Å². The molecular weight excluding hydrogens is 412 g/mol. The number of nitrogens with zero attached hydrogens (tertiary/aromatic N) is 3. The molecule has 6 nitrogen and oxygen atoms in total. The fraction of sp³-hybridized carbons (Fsp3) is 0.296. The summed E-state index contributed by atoms with van der Waals surface area (Å²) in [6.45, 7) is 7.63. The fourth-order valence-corrected chi connectivity index (χ4v) is 4.52. The molecule has 2 aromatic carbocycles. The van der Waals surface area contributed by atoms with Gasteiger partial charge < -0.3 is 9.64 Å². The highest BCUT2D eigenvalue weighted by molar-refractivity contribution is 6.04. The Kier molecular flexibility index (Phi) is 5.68. The summed E-state index contributed by atoms with van der Waals surface area (Å²) >= 11 is 0. The van der Waals surface area contributed by atoms with Gasteiger partial charge >= 0.3 is 0 Å². The third-order valence-corrected chi connectivity index (χ3v) is 6.29. The summed E-state index contributed by atoms with van der Waals surface area (Å²) in [5.41, 5.74) is 8.05. The molecule has 1 amide bonds. The molecule has 1 aliphatic rings. The number of H-pyrrole nitrogens is 1. The largest absolute Gasteiger partial charge is 0.368 e. The zero-order chi connectivity index (χ0) is 22.9. The van der Waals surface area contributed by atoms with Crippen LogP contribution in [0, 0.1) is 20.8 Å². The van der Waals surface area contributed by atoms with Gasteiger partial charge in [0.2, 0.25) is 0 Å². The Morgan fingerprint density at radius 3 is 2.82 bits per heavy atom. The Balaban J connectivity index is 1.38. The lowest BCUT2D eigenvalue weighted by molar-refractivity contribution is -0.0249. The molecule has 1 aliphatic heterocycles. The molecule has 0 aliphatic carbocycles. The number of aromatic nitrogens is 3. The maximum Gasteiger partial charge on any atom is 0.275 e. The normalized spacial score (nSPS) is 16.3. The van der Waals surface area contributed by atoms with Crippen molar-refractivity contribution < 1.29 is 9.53 Å². The lowest BCUT2D eigenvalue weighted by atomic mass is 9.99. The lowest BCUT2D eigenvalue weighted by Gasteiger charge is -2.32. The number of fused-ring (bicyclic) bond motifs is 1. The van der Waals surface area contributed by atoms with Gasteiger partial charge in [0, 0.05) is 17.6 Å². The van der Waals surface area contributed by atoms with E-state index in [0.717, 1.165) is 34.3 Å². The minimum absolute atomic E-state index is 0.0760. The van der Waals surface area contributed by atoms with Gasteiger partial charge in [-0.25, -0.2) is 0 Å². The predicted molar refractivity (Wildman–Crippen MR) is 128 cm³/mol. The highest BCUT2D eigenvalue weighted by Gasteiger charge is 2.29. The number of benzene rings is 2. The van der Waals surface area contributed by atoms with Gasteiger partial charge in [-0.05, 0) is 68.1 Å². The van der Waals surface area contributed by atoms with Crippen LogP contribution < -0.4 is 0 Å². The summed E-state index contributed by atoms with van der Waals surface area (Å²) in [5, 5.41) is 8.16. The number of aryl methyl sites for hydroxylation is 3. The minimum Gasteiger partial charge on any atom is -0.368 e. The SMILES string of the molecule is Cc1ccc2[nH]nc(C(=O)N3CCO[C@H](c4cc(Cc5ccccc5C)cc(C)n4)C3)c2c1. The van der Waals surface area contributed by atoms with Crippen LogP contribution >= 0.6 is 0 Å². The van der Waals surface area contributed by atoms with E-state index in [-0.39, 0.29) is 12.0 Å². The maximum absolute atomic E-state index is 13.3. The molecule has 0 saturated carbocycles. The van der Waals surface area contributed by atoms with E-state index >= 15 is 0 Å². The van der Waals surface area contributed by atoms with Crippen LogP contribution in [0.5, 0.6) is 0 Å². The van der Waals surface area contributed by atoms with Crippen molar-refractivity contribution in [2.45, 2.75) is 33.3 Å². The van der Waals surface area contributed by atoms with Gasteiger partial charge in [-0.1, -0.05) is 35.9 Å². The molecule has 0 radical (unpaired) electrons. The Bertz CT molecular complexity index is 1330. The molecule has 1 fully saturated rings. The van der Waals surface area contributed by atoms with E-state index in [4.69, 9.17) is 9.72 Å². The van der Waals surface area contributed by atoms with Crippen LogP contribution in [0.2, 0.25) is 0 Å². The average Bonchev–Trinajstić information content (AvgIpc) is 3.23. The number of rotatable bonds is 4. The van der Waals surface area contributed by atoms with Gasteiger partial charge in [0.15, 0.2) is 5.69 Å². The maximum atomic E-state index is 13.3. The van der Waals surface area contributed by atoms with Crippen LogP contribution in [0.3, 0.4) is 0 Å². The molecule has 5 rings (SSSR count). The van der Waals surface area contributed by atoms with E-state index in [1.54, 1.807) is 0 Å². The molecule has 6 heteroatoms. The van der Waals surface area contributed by atoms with Gasteiger partial charge in [0.05, 0.1) is 24.4 Å². The summed E-state index contributed by atoms with van der Waals surface area (Å²) in [7, 11) is 0. The number of aromatic amines is 1. The first kappa shape index (κ1) is 21.3. The molecule has 3 heterocycles. The molecule has 0 spiro atoms. The highest BCUT2D eigenvalue weighted by atomic mass is 16.5. The molecule has 33 heavy (non-hydrogen) atoms. The molecule has 2 aromatic heterocycles. The molecule has 1 atom stereocenters. The molecule has 168 valence electrons. The number of ether oxygens (including phenoxy) is 1. The monoisotopic (exact) mass is 440 g/mol. The highest BCUT2D eigenvalue weighted by Crippen LogP contribution is 2.26. The molecule has 0 bridgehead atoms. The number of morpholine rings is 1.